The molecule has 0 spiro atoms. The average Bonchev–Trinajstić information content (AvgIpc) is 3.22. The SMILES string of the molecule is CCCCCCCCCCCCCCCCCCC(=O)OC[C@@H](COC(=O)CCCCCCCCCCCCCCCC)OC(=O)CCCCCCCCC(C)CC. The van der Waals surface area contributed by atoms with E-state index in [9.17, 15) is 14.4 Å². The maximum atomic E-state index is 12.7. The van der Waals surface area contributed by atoms with E-state index in [1.165, 1.54) is 186 Å². The summed E-state index contributed by atoms with van der Waals surface area (Å²) in [4.78, 5) is 37.9. The second-order valence-electron chi connectivity index (χ2n) is 18.1. The van der Waals surface area contributed by atoms with Crippen LogP contribution in [0.5, 0.6) is 0 Å². The third kappa shape index (κ3) is 44.0. The Hall–Kier alpha value is -1.59. The summed E-state index contributed by atoms with van der Waals surface area (Å²) in [6.07, 6.45) is 48.0. The molecule has 6 heteroatoms. The minimum absolute atomic E-state index is 0.0637. The molecule has 0 amide bonds. The van der Waals surface area contributed by atoms with Crippen molar-refractivity contribution in [2.75, 3.05) is 13.2 Å². The smallest absolute Gasteiger partial charge is 0.306 e. The van der Waals surface area contributed by atoms with Crippen LogP contribution in [0.25, 0.3) is 0 Å². The summed E-state index contributed by atoms with van der Waals surface area (Å²) in [5.74, 6) is -0.0379. The van der Waals surface area contributed by atoms with Gasteiger partial charge in [0, 0.05) is 19.3 Å². The van der Waals surface area contributed by atoms with Gasteiger partial charge in [0.05, 0.1) is 0 Å². The Bertz CT molecular complexity index is 874. The summed E-state index contributed by atoms with van der Waals surface area (Å²) >= 11 is 0. The van der Waals surface area contributed by atoms with Gasteiger partial charge >= 0.3 is 17.9 Å². The van der Waals surface area contributed by atoms with Crippen molar-refractivity contribution in [3.8, 4) is 0 Å². The molecule has 344 valence electrons. The van der Waals surface area contributed by atoms with E-state index in [0.29, 0.717) is 19.3 Å². The van der Waals surface area contributed by atoms with Crippen molar-refractivity contribution in [2.45, 2.75) is 297 Å². The van der Waals surface area contributed by atoms with Crippen LogP contribution < -0.4 is 0 Å². The molecule has 2 atom stereocenters. The summed E-state index contributed by atoms with van der Waals surface area (Å²) in [7, 11) is 0. The fourth-order valence-corrected chi connectivity index (χ4v) is 7.83. The summed E-state index contributed by atoms with van der Waals surface area (Å²) in [5, 5.41) is 0. The maximum Gasteiger partial charge on any atom is 0.306 e. The van der Waals surface area contributed by atoms with Crippen LogP contribution in [0.2, 0.25) is 0 Å². The molecule has 0 aliphatic carbocycles. The molecule has 0 radical (unpaired) electrons. The molecule has 0 fully saturated rings. The first kappa shape index (κ1) is 56.4. The molecule has 1 unspecified atom stereocenters. The number of ether oxygens (including phenoxy) is 3. The van der Waals surface area contributed by atoms with Crippen LogP contribution in [0.15, 0.2) is 0 Å². The van der Waals surface area contributed by atoms with Crippen molar-refractivity contribution in [3.05, 3.63) is 0 Å². The molecule has 0 aromatic carbocycles. The van der Waals surface area contributed by atoms with Gasteiger partial charge in [0.1, 0.15) is 13.2 Å². The molecule has 0 saturated heterocycles. The monoisotopic (exact) mass is 821 g/mol. The third-order valence-electron chi connectivity index (χ3n) is 12.2. The molecular formula is C52H100O6. The molecule has 0 N–H and O–H groups in total. The van der Waals surface area contributed by atoms with E-state index < -0.39 is 6.10 Å². The highest BCUT2D eigenvalue weighted by Gasteiger charge is 2.19. The normalized spacial score (nSPS) is 12.4. The predicted octanol–water partition coefficient (Wildman–Crippen LogP) is 16.7. The predicted molar refractivity (Wildman–Crippen MR) is 247 cm³/mol. The Balaban J connectivity index is 4.27. The van der Waals surface area contributed by atoms with Crippen molar-refractivity contribution in [2.24, 2.45) is 5.92 Å². The van der Waals surface area contributed by atoms with Gasteiger partial charge in [-0.25, -0.2) is 0 Å². The number of esters is 3. The summed E-state index contributed by atoms with van der Waals surface area (Å²) < 4.78 is 16.8. The van der Waals surface area contributed by atoms with E-state index in [4.69, 9.17) is 14.2 Å². The Morgan fingerprint density at radius 1 is 0.345 bits per heavy atom. The highest BCUT2D eigenvalue weighted by Crippen LogP contribution is 2.17. The molecule has 0 saturated carbocycles. The molecule has 58 heavy (non-hydrogen) atoms. The summed E-state index contributed by atoms with van der Waals surface area (Å²) in [6, 6.07) is 0. The number of hydrogen-bond acceptors (Lipinski definition) is 6. The van der Waals surface area contributed by atoms with Crippen molar-refractivity contribution < 1.29 is 28.6 Å². The second kappa shape index (κ2) is 46.5. The minimum Gasteiger partial charge on any atom is -0.462 e. The van der Waals surface area contributed by atoms with E-state index in [0.717, 1.165) is 63.7 Å². The van der Waals surface area contributed by atoms with Gasteiger partial charge in [-0.3, -0.25) is 14.4 Å². The number of rotatable bonds is 47. The van der Waals surface area contributed by atoms with E-state index in [2.05, 4.69) is 27.7 Å². The van der Waals surface area contributed by atoms with Crippen molar-refractivity contribution in [1.29, 1.82) is 0 Å². The van der Waals surface area contributed by atoms with Crippen molar-refractivity contribution in [1.82, 2.24) is 0 Å². The van der Waals surface area contributed by atoms with Crippen LogP contribution >= 0.6 is 0 Å². The van der Waals surface area contributed by atoms with Crippen LogP contribution in [0.1, 0.15) is 291 Å². The standard InChI is InChI=1S/C52H100O6/c1-5-8-10-12-14-16-18-20-22-23-25-27-29-31-36-40-44-51(54)57-47-49(58-52(55)45-41-37-33-32-34-38-42-48(4)7-3)46-56-50(53)43-39-35-30-28-26-24-21-19-17-15-13-11-9-6-2/h48-49H,5-47H2,1-4H3/t48?,49-/m1/s1. The minimum atomic E-state index is -0.761. The fraction of sp³-hybridized carbons (Fsp3) is 0.942. The number of carbonyl (C=O) groups excluding carboxylic acids is 3. The number of carbonyl (C=O) groups is 3. The molecule has 0 bridgehead atoms. The zero-order valence-electron chi connectivity index (χ0n) is 39.5. The van der Waals surface area contributed by atoms with Crippen LogP contribution in [-0.2, 0) is 28.6 Å². The number of hydrogen-bond donors (Lipinski definition) is 0. The second-order valence-corrected chi connectivity index (χ2v) is 18.1. The molecular weight excluding hydrogens is 721 g/mol. The van der Waals surface area contributed by atoms with Gasteiger partial charge in [-0.2, -0.15) is 0 Å². The molecule has 6 nitrogen and oxygen atoms in total. The van der Waals surface area contributed by atoms with Gasteiger partial charge < -0.3 is 14.2 Å². The first-order chi connectivity index (χ1) is 28.4. The lowest BCUT2D eigenvalue weighted by molar-refractivity contribution is -0.167. The highest BCUT2D eigenvalue weighted by atomic mass is 16.6. The number of unbranched alkanes of at least 4 members (excludes halogenated alkanes) is 33. The van der Waals surface area contributed by atoms with Crippen LogP contribution in [0.3, 0.4) is 0 Å². The highest BCUT2D eigenvalue weighted by molar-refractivity contribution is 5.71. The van der Waals surface area contributed by atoms with Crippen molar-refractivity contribution in [3.63, 3.8) is 0 Å². The van der Waals surface area contributed by atoms with Gasteiger partial charge in [-0.1, -0.05) is 252 Å². The molecule has 0 aliphatic heterocycles. The molecule has 0 aromatic heterocycles. The first-order valence-corrected chi connectivity index (χ1v) is 25.9. The Kier molecular flexibility index (Phi) is 45.2. The van der Waals surface area contributed by atoms with Crippen molar-refractivity contribution >= 4 is 17.9 Å². The maximum absolute atomic E-state index is 12.7. The van der Waals surface area contributed by atoms with Gasteiger partial charge in [0.15, 0.2) is 6.10 Å². The Labute approximate surface area is 361 Å². The third-order valence-corrected chi connectivity index (χ3v) is 12.2. The molecule has 0 rings (SSSR count). The lowest BCUT2D eigenvalue weighted by atomic mass is 10.00. The van der Waals surface area contributed by atoms with E-state index >= 15 is 0 Å². The average molecular weight is 821 g/mol. The van der Waals surface area contributed by atoms with Gasteiger partial charge in [0.25, 0.3) is 0 Å². The molecule has 0 aromatic rings. The van der Waals surface area contributed by atoms with E-state index in [-0.39, 0.29) is 31.1 Å². The zero-order chi connectivity index (χ0) is 42.4. The van der Waals surface area contributed by atoms with Gasteiger partial charge in [0.2, 0.25) is 0 Å². The van der Waals surface area contributed by atoms with Gasteiger partial charge in [-0.05, 0) is 25.2 Å². The van der Waals surface area contributed by atoms with Gasteiger partial charge in [-0.15, -0.1) is 0 Å². The lowest BCUT2D eigenvalue weighted by Gasteiger charge is -2.18. The summed E-state index contributed by atoms with van der Waals surface area (Å²) in [6.45, 7) is 9.00. The summed E-state index contributed by atoms with van der Waals surface area (Å²) in [5.41, 5.74) is 0. The molecule has 0 aliphatic rings. The Morgan fingerprint density at radius 2 is 0.603 bits per heavy atom. The zero-order valence-corrected chi connectivity index (χ0v) is 39.5. The quantitative estimate of drug-likeness (QED) is 0.0346. The fourth-order valence-electron chi connectivity index (χ4n) is 7.83. The largest absolute Gasteiger partial charge is 0.462 e. The Morgan fingerprint density at radius 3 is 0.897 bits per heavy atom. The lowest BCUT2D eigenvalue weighted by Crippen LogP contribution is -2.30. The topological polar surface area (TPSA) is 78.9 Å². The van der Waals surface area contributed by atoms with Crippen LogP contribution in [0, 0.1) is 5.92 Å². The van der Waals surface area contributed by atoms with E-state index in [1.807, 2.05) is 0 Å². The molecule has 0 heterocycles. The van der Waals surface area contributed by atoms with Crippen LogP contribution in [0.4, 0.5) is 0 Å². The van der Waals surface area contributed by atoms with Crippen LogP contribution in [-0.4, -0.2) is 37.2 Å². The first-order valence-electron chi connectivity index (χ1n) is 25.9. The van der Waals surface area contributed by atoms with E-state index in [1.54, 1.807) is 0 Å².